The lowest BCUT2D eigenvalue weighted by atomic mass is 9.69. The van der Waals surface area contributed by atoms with Crippen molar-refractivity contribution in [1.29, 1.82) is 10.5 Å². The van der Waals surface area contributed by atoms with E-state index in [4.69, 9.17) is 15.5 Å². The molecule has 0 amide bonds. The Kier molecular flexibility index (Phi) is 10.2. The van der Waals surface area contributed by atoms with Gasteiger partial charge in [-0.1, -0.05) is 79.6 Å². The highest BCUT2D eigenvalue weighted by Crippen LogP contribution is 2.41. The first-order valence-electron chi connectivity index (χ1n) is 15.9. The van der Waals surface area contributed by atoms with E-state index in [1.54, 1.807) is 0 Å². The average molecular weight is 616 g/mol. The second kappa shape index (κ2) is 13.3. The van der Waals surface area contributed by atoms with Crippen molar-refractivity contribution in [3.05, 3.63) is 56.5 Å². The maximum absolute atomic E-state index is 10.5. The Balaban J connectivity index is 0.000000186. The summed E-state index contributed by atoms with van der Waals surface area (Å²) in [6, 6.07) is 12.7. The summed E-state index contributed by atoms with van der Waals surface area (Å²) in [6.07, 6.45) is 8.90. The summed E-state index contributed by atoms with van der Waals surface area (Å²) in [5.74, 6) is 1.40. The summed E-state index contributed by atoms with van der Waals surface area (Å²) in [5, 5.41) is 30.6. The van der Waals surface area contributed by atoms with Gasteiger partial charge in [0.25, 0.3) is 0 Å². The molecule has 0 spiro atoms. The Morgan fingerprint density at radius 3 is 1.98 bits per heavy atom. The smallest absolute Gasteiger partial charge is 0.283 e. The van der Waals surface area contributed by atoms with Crippen LogP contribution in [0.3, 0.4) is 0 Å². The van der Waals surface area contributed by atoms with Crippen LogP contribution >= 0.6 is 22.7 Å². The van der Waals surface area contributed by atoms with Gasteiger partial charge >= 0.3 is 4.83 Å². The molecule has 0 aromatic carbocycles. The number of thiophene rings is 2. The summed E-state index contributed by atoms with van der Waals surface area (Å²) in [4.78, 5) is 8.02. The van der Waals surface area contributed by atoms with Crippen LogP contribution in [0.1, 0.15) is 113 Å². The molecular formula is C36H47N4OS2+. The van der Waals surface area contributed by atoms with Crippen LogP contribution in [0.2, 0.25) is 0 Å². The molecule has 2 unspecified atom stereocenters. The van der Waals surface area contributed by atoms with E-state index >= 15 is 0 Å². The first-order valence-corrected chi connectivity index (χ1v) is 17.5. The van der Waals surface area contributed by atoms with E-state index in [1.807, 2.05) is 26.0 Å². The van der Waals surface area contributed by atoms with E-state index in [2.05, 4.69) is 65.8 Å². The summed E-state index contributed by atoms with van der Waals surface area (Å²) >= 11 is 2.87. The molecule has 5 nitrogen and oxygen atoms in total. The average Bonchev–Trinajstić information content (AvgIpc) is 3.64. The van der Waals surface area contributed by atoms with Crippen LogP contribution in [0.4, 0.5) is 0 Å². The molecule has 6 rings (SSSR count). The van der Waals surface area contributed by atoms with E-state index in [0.29, 0.717) is 21.6 Å². The summed E-state index contributed by atoms with van der Waals surface area (Å²) in [5.41, 5.74) is 5.66. The first-order chi connectivity index (χ1) is 20.5. The fraction of sp³-hybridized carbons (Fsp3) is 0.556. The Bertz CT molecular complexity index is 1680. The van der Waals surface area contributed by atoms with Crippen molar-refractivity contribution in [1.82, 2.24) is 4.98 Å². The van der Waals surface area contributed by atoms with Gasteiger partial charge in [-0.3, -0.25) is 5.21 Å². The molecule has 4 aromatic rings. The summed E-state index contributed by atoms with van der Waals surface area (Å²) < 4.78 is 1.32. The highest BCUT2D eigenvalue weighted by Gasteiger charge is 2.36. The van der Waals surface area contributed by atoms with E-state index in [1.165, 1.54) is 63.5 Å². The second-order valence-electron chi connectivity index (χ2n) is 13.2. The third-order valence-electron chi connectivity index (χ3n) is 10.2. The van der Waals surface area contributed by atoms with Crippen LogP contribution in [0.15, 0.2) is 24.3 Å². The molecule has 0 saturated carbocycles. The monoisotopic (exact) mass is 615 g/mol. The van der Waals surface area contributed by atoms with Gasteiger partial charge in [0.05, 0.1) is 5.39 Å². The molecule has 0 radical (unpaired) electrons. The lowest BCUT2D eigenvalue weighted by Crippen LogP contribution is -2.40. The maximum Gasteiger partial charge on any atom is 0.320 e. The molecule has 0 aliphatic heterocycles. The van der Waals surface area contributed by atoms with Gasteiger partial charge < -0.3 is 0 Å². The molecule has 2 aliphatic rings. The number of hydrogen-bond acceptors (Lipinski definition) is 6. The van der Waals surface area contributed by atoms with Crippen molar-refractivity contribution in [2.75, 3.05) is 0 Å². The van der Waals surface area contributed by atoms with Gasteiger partial charge in [0, 0.05) is 27.8 Å². The van der Waals surface area contributed by atoms with Gasteiger partial charge in [-0.05, 0) is 84.6 Å². The van der Waals surface area contributed by atoms with E-state index in [0.717, 1.165) is 69.0 Å². The largest absolute Gasteiger partial charge is 0.320 e. The van der Waals surface area contributed by atoms with Crippen LogP contribution in [-0.2, 0) is 25.7 Å². The lowest BCUT2D eigenvalue weighted by molar-refractivity contribution is -0.888. The van der Waals surface area contributed by atoms with Crippen LogP contribution in [-0.4, -0.2) is 10.2 Å². The molecule has 0 fully saturated rings. The number of hydrogen-bond donors (Lipinski definition) is 1. The van der Waals surface area contributed by atoms with Gasteiger partial charge in [-0.2, -0.15) is 10.5 Å². The Morgan fingerprint density at radius 1 is 0.837 bits per heavy atom. The van der Waals surface area contributed by atoms with Crippen molar-refractivity contribution < 1.29 is 9.94 Å². The Hall–Kier alpha value is -3.00. The van der Waals surface area contributed by atoms with Gasteiger partial charge in [0.2, 0.25) is 5.69 Å². The van der Waals surface area contributed by atoms with Gasteiger partial charge in [-0.15, -0.1) is 11.3 Å². The van der Waals surface area contributed by atoms with Crippen molar-refractivity contribution in [2.24, 2.45) is 22.7 Å². The predicted molar refractivity (Wildman–Crippen MR) is 179 cm³/mol. The van der Waals surface area contributed by atoms with Crippen molar-refractivity contribution >= 4 is 43.1 Å². The van der Waals surface area contributed by atoms with Gasteiger partial charge in [-0.25, -0.2) is 4.98 Å². The molecular weight excluding hydrogens is 569 g/mol. The highest BCUT2D eigenvalue weighted by atomic mass is 32.1. The number of nitriles is 2. The number of fused-ring (bicyclic) bond motifs is 4. The standard InChI is InChI=1S/C17H21N2OS.C17H20N2S.C2H6/c1-4-17(2,3)13-5-6-15-11(8-13)7-12-9-14(10-18)21-16(12)19(15)20;1-4-17(2,3)13-5-6-15-11(8-13)7-12-9-14(10-18)20-16(12)19-15;1-2/h7,9,13,20H,4-6,8H2,1-3H3;7,9,13H,4-6,8H2,1-3H3;1-2H3/q+1;;. The molecule has 0 saturated heterocycles. The molecule has 7 heteroatoms. The minimum atomic E-state index is 0.333. The fourth-order valence-electron chi connectivity index (χ4n) is 6.46. The van der Waals surface area contributed by atoms with Gasteiger partial charge in [0.15, 0.2) is 0 Å². The molecule has 2 atom stereocenters. The second-order valence-corrected chi connectivity index (χ2v) is 15.2. The normalized spacial score (nSPS) is 17.9. The van der Waals surface area contributed by atoms with Crippen molar-refractivity contribution in [2.45, 2.75) is 107 Å². The molecule has 43 heavy (non-hydrogen) atoms. The lowest BCUT2D eigenvalue weighted by Gasteiger charge is -2.36. The minimum absolute atomic E-state index is 0.333. The van der Waals surface area contributed by atoms with Gasteiger partial charge in [0.1, 0.15) is 26.7 Å². The molecule has 228 valence electrons. The number of nitrogens with zero attached hydrogens (tertiary/aromatic N) is 4. The molecule has 4 heterocycles. The number of pyridine rings is 2. The Labute approximate surface area is 265 Å². The van der Waals surface area contributed by atoms with Crippen LogP contribution in [0.5, 0.6) is 0 Å². The van der Waals surface area contributed by atoms with Crippen LogP contribution < -0.4 is 4.73 Å². The van der Waals surface area contributed by atoms with Crippen LogP contribution in [0, 0.1) is 45.3 Å². The fourth-order valence-corrected chi connectivity index (χ4v) is 8.16. The maximum atomic E-state index is 10.5. The van der Waals surface area contributed by atoms with E-state index in [9.17, 15) is 5.21 Å². The summed E-state index contributed by atoms with van der Waals surface area (Å²) in [6.45, 7) is 18.0. The highest BCUT2D eigenvalue weighted by molar-refractivity contribution is 7.19. The zero-order valence-corrected chi connectivity index (χ0v) is 28.8. The molecule has 1 N–H and O–H groups in total. The quantitative estimate of drug-likeness (QED) is 0.183. The van der Waals surface area contributed by atoms with E-state index < -0.39 is 0 Å². The number of aromatic nitrogens is 2. The predicted octanol–water partition coefficient (Wildman–Crippen LogP) is 9.57. The SMILES string of the molecule is CC.CCC(C)(C)C1CCc2c(cc3cc(C#N)sc3[n+]2O)C1.CCC(C)(C)C1CCc2nc3sc(C#N)cc3cc2C1. The Morgan fingerprint density at radius 2 is 1.37 bits per heavy atom. The van der Waals surface area contributed by atoms with E-state index in [-0.39, 0.29) is 0 Å². The summed E-state index contributed by atoms with van der Waals surface area (Å²) in [7, 11) is 0. The molecule has 4 aromatic heterocycles. The third-order valence-corrected chi connectivity index (χ3v) is 12.2. The number of rotatable bonds is 4. The topological polar surface area (TPSA) is 84.6 Å². The molecule has 2 aliphatic carbocycles. The minimum Gasteiger partial charge on any atom is -0.283 e. The zero-order valence-electron chi connectivity index (χ0n) is 27.2. The number of aryl methyl sites for hydroxylation is 1. The third kappa shape index (κ3) is 6.74. The first kappa shape index (κ1) is 32.9. The van der Waals surface area contributed by atoms with Crippen molar-refractivity contribution in [3.63, 3.8) is 0 Å². The van der Waals surface area contributed by atoms with Crippen LogP contribution in [0.25, 0.3) is 20.4 Å². The van der Waals surface area contributed by atoms with Crippen molar-refractivity contribution in [3.8, 4) is 12.1 Å². The molecule has 0 bridgehead atoms. The zero-order chi connectivity index (χ0) is 31.5.